The maximum atomic E-state index is 12.8. The van der Waals surface area contributed by atoms with Gasteiger partial charge in [0, 0.05) is 23.2 Å². The number of para-hydroxylation sites is 1. The van der Waals surface area contributed by atoms with E-state index in [1.165, 1.54) is 30.3 Å². The van der Waals surface area contributed by atoms with Crippen LogP contribution in [0.3, 0.4) is 0 Å². The molecule has 2 aromatic carbocycles. The van der Waals surface area contributed by atoms with Crippen molar-refractivity contribution in [3.8, 4) is 0 Å². The first-order valence-electron chi connectivity index (χ1n) is 8.87. The zero-order chi connectivity index (χ0) is 20.3. The molecule has 1 fully saturated rings. The molecule has 0 saturated carbocycles. The van der Waals surface area contributed by atoms with Crippen LogP contribution < -0.4 is 4.72 Å². The van der Waals surface area contributed by atoms with Crippen molar-refractivity contribution >= 4 is 27.2 Å². The number of anilines is 1. The number of carbonyl (C=O) groups is 1. The smallest absolute Gasteiger partial charge is 0.289 e. The van der Waals surface area contributed by atoms with Crippen LogP contribution in [0.2, 0.25) is 0 Å². The second kappa shape index (κ2) is 8.07. The van der Waals surface area contributed by atoms with Crippen LogP contribution >= 0.6 is 0 Å². The van der Waals surface area contributed by atoms with Crippen LogP contribution in [-0.4, -0.2) is 44.2 Å². The molecule has 0 spiro atoms. The number of nitro groups is 1. The van der Waals surface area contributed by atoms with Crippen LogP contribution in [0.4, 0.5) is 11.4 Å². The Morgan fingerprint density at radius 3 is 2.50 bits per heavy atom. The first-order valence-corrected chi connectivity index (χ1v) is 10.4. The highest BCUT2D eigenvalue weighted by Crippen LogP contribution is 2.27. The van der Waals surface area contributed by atoms with E-state index in [1.54, 1.807) is 12.1 Å². The highest BCUT2D eigenvalue weighted by Gasteiger charge is 2.27. The molecule has 28 heavy (non-hydrogen) atoms. The van der Waals surface area contributed by atoms with Crippen molar-refractivity contribution in [2.75, 3.05) is 24.9 Å². The highest BCUT2D eigenvalue weighted by molar-refractivity contribution is 7.92. The average Bonchev–Trinajstić information content (AvgIpc) is 2.68. The zero-order valence-electron chi connectivity index (χ0n) is 15.4. The summed E-state index contributed by atoms with van der Waals surface area (Å²) in [6.45, 7) is 1.70. The van der Waals surface area contributed by atoms with Gasteiger partial charge in [0.1, 0.15) is 0 Å². The van der Waals surface area contributed by atoms with E-state index in [-0.39, 0.29) is 17.4 Å². The Bertz CT molecular complexity index is 998. The van der Waals surface area contributed by atoms with Crippen LogP contribution in [-0.2, 0) is 10.0 Å². The minimum absolute atomic E-state index is 0.0140. The highest BCUT2D eigenvalue weighted by atomic mass is 32.2. The van der Waals surface area contributed by atoms with Gasteiger partial charge in [0.25, 0.3) is 15.7 Å². The Morgan fingerprint density at radius 2 is 1.82 bits per heavy atom. The lowest BCUT2D eigenvalue weighted by atomic mass is 9.89. The number of nitrogens with zero attached hydrogens (tertiary/aromatic N) is 2. The van der Waals surface area contributed by atoms with Gasteiger partial charge < -0.3 is 4.90 Å². The number of nitrogens with one attached hydrogen (secondary N) is 1. The number of sulfonamides is 1. The Labute approximate surface area is 163 Å². The number of likely N-dealkylation sites (tertiary alicyclic amines) is 1. The molecule has 3 rings (SSSR count). The molecule has 2 aromatic rings. The topological polar surface area (TPSA) is 110 Å². The molecule has 8 nitrogen and oxygen atoms in total. The van der Waals surface area contributed by atoms with Gasteiger partial charge in [0.15, 0.2) is 10.7 Å². The second-order valence-corrected chi connectivity index (χ2v) is 8.50. The van der Waals surface area contributed by atoms with Crippen molar-refractivity contribution in [1.82, 2.24) is 4.90 Å². The summed E-state index contributed by atoms with van der Waals surface area (Å²) in [4.78, 5) is 24.9. The minimum atomic E-state index is -4.17. The third-order valence-electron chi connectivity index (χ3n) is 4.84. The number of carbonyl (C=O) groups excluding carboxylic acids is 1. The van der Waals surface area contributed by atoms with Gasteiger partial charge >= 0.3 is 0 Å². The van der Waals surface area contributed by atoms with Gasteiger partial charge in [-0.15, -0.1) is 0 Å². The van der Waals surface area contributed by atoms with Crippen LogP contribution in [0.25, 0.3) is 0 Å². The van der Waals surface area contributed by atoms with E-state index >= 15 is 0 Å². The lowest BCUT2D eigenvalue weighted by Gasteiger charge is -2.28. The van der Waals surface area contributed by atoms with Crippen molar-refractivity contribution in [2.24, 2.45) is 5.92 Å². The molecule has 0 atom stereocenters. The molecule has 9 heteroatoms. The van der Waals surface area contributed by atoms with Gasteiger partial charge in [-0.1, -0.05) is 24.3 Å². The number of piperidine rings is 1. The number of hydrogen-bond acceptors (Lipinski definition) is 6. The Balaban J connectivity index is 1.83. The summed E-state index contributed by atoms with van der Waals surface area (Å²) in [5.74, 6) is -0.0990. The maximum absolute atomic E-state index is 12.8. The number of Topliss-reactive ketones (excluding diaryl/α,β-unsaturated/α-hetero) is 1. The molecule has 0 bridgehead atoms. The SMILES string of the molecule is CN1CCC(C(=O)c2cccc(NS(=O)(=O)c3ccccc3[N+](=O)[O-])c2)CC1. The minimum Gasteiger partial charge on any atom is -0.306 e. The van der Waals surface area contributed by atoms with E-state index in [1.807, 2.05) is 7.05 Å². The van der Waals surface area contributed by atoms with Crippen molar-refractivity contribution in [2.45, 2.75) is 17.7 Å². The maximum Gasteiger partial charge on any atom is 0.289 e. The van der Waals surface area contributed by atoms with Crippen LogP contribution in [0.15, 0.2) is 53.4 Å². The summed E-state index contributed by atoms with van der Waals surface area (Å²) in [6, 6.07) is 11.4. The quantitative estimate of drug-likeness (QED) is 0.451. The van der Waals surface area contributed by atoms with E-state index in [2.05, 4.69) is 9.62 Å². The molecule has 1 saturated heterocycles. The third kappa shape index (κ3) is 4.37. The van der Waals surface area contributed by atoms with Gasteiger partial charge in [0.05, 0.1) is 4.92 Å². The van der Waals surface area contributed by atoms with Crippen LogP contribution in [0.5, 0.6) is 0 Å². The lowest BCUT2D eigenvalue weighted by molar-refractivity contribution is -0.387. The fourth-order valence-corrected chi connectivity index (χ4v) is 4.51. The first-order chi connectivity index (χ1) is 13.3. The molecule has 0 aliphatic carbocycles. The summed E-state index contributed by atoms with van der Waals surface area (Å²) in [5.41, 5.74) is 0.114. The molecule has 0 radical (unpaired) electrons. The summed E-state index contributed by atoms with van der Waals surface area (Å²) < 4.78 is 27.6. The van der Waals surface area contributed by atoms with Crippen molar-refractivity contribution in [3.05, 3.63) is 64.2 Å². The van der Waals surface area contributed by atoms with Gasteiger partial charge in [-0.3, -0.25) is 19.6 Å². The molecule has 1 N–H and O–H groups in total. The molecule has 1 aliphatic heterocycles. The summed E-state index contributed by atoms with van der Waals surface area (Å²) >= 11 is 0. The lowest BCUT2D eigenvalue weighted by Crippen LogP contribution is -2.33. The second-order valence-electron chi connectivity index (χ2n) is 6.85. The van der Waals surface area contributed by atoms with Crippen molar-refractivity contribution in [1.29, 1.82) is 0 Å². The molecule has 0 aromatic heterocycles. The fraction of sp³-hybridized carbons (Fsp3) is 0.316. The largest absolute Gasteiger partial charge is 0.306 e. The number of hydrogen-bond donors (Lipinski definition) is 1. The van der Waals surface area contributed by atoms with E-state index in [0.29, 0.717) is 5.56 Å². The normalized spacial score (nSPS) is 15.9. The van der Waals surface area contributed by atoms with Gasteiger partial charge in [-0.25, -0.2) is 8.42 Å². The average molecular weight is 403 g/mol. The molecule has 1 aliphatic rings. The molecular formula is C19H21N3O5S. The number of benzene rings is 2. The standard InChI is InChI=1S/C19H21N3O5S/c1-21-11-9-14(10-12-21)19(23)15-5-4-6-16(13-15)20-28(26,27)18-8-3-2-7-17(18)22(24)25/h2-8,13-14,20H,9-12H2,1H3. The van der Waals surface area contributed by atoms with E-state index < -0.39 is 25.5 Å². The van der Waals surface area contributed by atoms with Gasteiger partial charge in [-0.2, -0.15) is 0 Å². The van der Waals surface area contributed by atoms with E-state index in [9.17, 15) is 23.3 Å². The summed E-state index contributed by atoms with van der Waals surface area (Å²) in [5, 5.41) is 11.1. The molecule has 148 valence electrons. The van der Waals surface area contributed by atoms with Gasteiger partial charge in [0.2, 0.25) is 0 Å². The van der Waals surface area contributed by atoms with Gasteiger partial charge in [-0.05, 0) is 51.2 Å². The van der Waals surface area contributed by atoms with Crippen molar-refractivity contribution in [3.63, 3.8) is 0 Å². The first kappa shape index (κ1) is 20.0. The number of rotatable bonds is 6. The van der Waals surface area contributed by atoms with Crippen LogP contribution in [0, 0.1) is 16.0 Å². The van der Waals surface area contributed by atoms with Crippen molar-refractivity contribution < 1.29 is 18.1 Å². The Hall–Kier alpha value is -2.78. The van der Waals surface area contributed by atoms with E-state index in [4.69, 9.17) is 0 Å². The molecule has 0 amide bonds. The molecule has 0 unspecified atom stereocenters. The predicted octanol–water partition coefficient (Wildman–Crippen LogP) is 2.92. The Kier molecular flexibility index (Phi) is 5.76. The van der Waals surface area contributed by atoms with E-state index in [0.717, 1.165) is 32.0 Å². The predicted molar refractivity (Wildman–Crippen MR) is 105 cm³/mol. The number of ketones is 1. The fourth-order valence-electron chi connectivity index (χ4n) is 3.29. The Morgan fingerprint density at radius 1 is 1.14 bits per heavy atom. The molecule has 1 heterocycles. The summed E-state index contributed by atoms with van der Waals surface area (Å²) in [6.07, 6.45) is 1.53. The van der Waals surface area contributed by atoms with Crippen LogP contribution in [0.1, 0.15) is 23.2 Å². The number of nitro benzene ring substituents is 1. The molecular weight excluding hydrogens is 382 g/mol. The third-order valence-corrected chi connectivity index (χ3v) is 6.27. The monoisotopic (exact) mass is 403 g/mol. The zero-order valence-corrected chi connectivity index (χ0v) is 16.2. The summed E-state index contributed by atoms with van der Waals surface area (Å²) in [7, 11) is -2.16.